The van der Waals surface area contributed by atoms with E-state index in [-0.39, 0.29) is 43.1 Å². The van der Waals surface area contributed by atoms with Gasteiger partial charge in [0.2, 0.25) is 0 Å². The third-order valence-corrected chi connectivity index (χ3v) is 6.11. The number of aliphatic hydroxyl groups is 1. The van der Waals surface area contributed by atoms with Gasteiger partial charge in [0.1, 0.15) is 18.4 Å². The molecule has 1 atom stereocenters. The molecule has 0 radical (unpaired) electrons. The first kappa shape index (κ1) is 20.2. The highest BCUT2D eigenvalue weighted by atomic mass is 16.7. The zero-order chi connectivity index (χ0) is 22.6. The number of fused-ring (bicyclic) bond motifs is 5. The molecule has 0 saturated carbocycles. The molecule has 0 unspecified atom stereocenters. The first-order chi connectivity index (χ1) is 15.4. The Morgan fingerprint density at radius 1 is 1.31 bits per heavy atom. The molecule has 9 nitrogen and oxygen atoms in total. The fourth-order valence-electron chi connectivity index (χ4n) is 4.40. The van der Waals surface area contributed by atoms with E-state index >= 15 is 0 Å². The molecule has 0 fully saturated rings. The number of carbonyl (C=O) groups excluding carboxylic acids is 1. The van der Waals surface area contributed by atoms with E-state index in [2.05, 4.69) is 6.07 Å². The lowest BCUT2D eigenvalue weighted by atomic mass is 9.86. The highest BCUT2D eigenvalue weighted by Crippen LogP contribution is 2.40. The summed E-state index contributed by atoms with van der Waals surface area (Å²) in [7, 11) is 1.52. The fraction of sp³-hybridized carbons (Fsp3) is 0.304. The zero-order valence-electron chi connectivity index (χ0n) is 17.5. The Kier molecular flexibility index (Phi) is 4.51. The molecule has 1 aromatic carbocycles. The molecule has 5 rings (SSSR count). The van der Waals surface area contributed by atoms with Gasteiger partial charge in [0, 0.05) is 23.6 Å². The molecule has 1 N–H and O–H groups in total. The topological polar surface area (TPSA) is 124 Å². The molecule has 32 heavy (non-hydrogen) atoms. The summed E-state index contributed by atoms with van der Waals surface area (Å²) in [4.78, 5) is 30.3. The van der Waals surface area contributed by atoms with Crippen molar-refractivity contribution in [2.24, 2.45) is 0 Å². The average Bonchev–Trinajstić information content (AvgIpc) is 3.17. The van der Waals surface area contributed by atoms with Crippen molar-refractivity contribution in [2.45, 2.75) is 32.1 Å². The molecule has 0 spiro atoms. The minimum absolute atomic E-state index is 0.0629. The SMILES string of the molecule is CC[C@@]1(O)C(=O)OCc2c1cc1n(c2=O)Cc2c-1nc1ccc(OCOC)cc1c2C#N. The van der Waals surface area contributed by atoms with Crippen LogP contribution in [0.2, 0.25) is 0 Å². The van der Waals surface area contributed by atoms with Gasteiger partial charge in [-0.1, -0.05) is 6.92 Å². The quantitative estimate of drug-likeness (QED) is 0.383. The summed E-state index contributed by atoms with van der Waals surface area (Å²) in [6.07, 6.45) is 0.0629. The van der Waals surface area contributed by atoms with Crippen LogP contribution >= 0.6 is 0 Å². The molecule has 9 heteroatoms. The Labute approximate surface area is 182 Å². The minimum Gasteiger partial charge on any atom is -0.468 e. The van der Waals surface area contributed by atoms with Gasteiger partial charge in [-0.3, -0.25) is 4.79 Å². The normalized spacial score (nSPS) is 18.5. The monoisotopic (exact) mass is 433 g/mol. The molecule has 3 aromatic rings. The molecule has 0 aliphatic carbocycles. The molecule has 0 amide bonds. The van der Waals surface area contributed by atoms with E-state index in [1.165, 1.54) is 11.7 Å². The predicted molar refractivity (Wildman–Crippen MR) is 112 cm³/mol. The highest BCUT2D eigenvalue weighted by molar-refractivity contribution is 5.91. The van der Waals surface area contributed by atoms with Crippen molar-refractivity contribution in [3.63, 3.8) is 0 Å². The van der Waals surface area contributed by atoms with Crippen LogP contribution in [-0.4, -0.2) is 34.5 Å². The van der Waals surface area contributed by atoms with Crippen LogP contribution in [0, 0.1) is 11.3 Å². The van der Waals surface area contributed by atoms with Gasteiger partial charge in [-0.15, -0.1) is 0 Å². The van der Waals surface area contributed by atoms with Gasteiger partial charge in [-0.05, 0) is 30.7 Å². The maximum atomic E-state index is 13.3. The van der Waals surface area contributed by atoms with E-state index in [1.807, 2.05) is 0 Å². The van der Waals surface area contributed by atoms with E-state index in [0.717, 1.165) is 0 Å². The van der Waals surface area contributed by atoms with Crippen LogP contribution in [0.1, 0.15) is 35.6 Å². The second-order valence-corrected chi connectivity index (χ2v) is 7.76. The second-order valence-electron chi connectivity index (χ2n) is 7.76. The summed E-state index contributed by atoms with van der Waals surface area (Å²) >= 11 is 0. The van der Waals surface area contributed by atoms with Crippen LogP contribution in [0.3, 0.4) is 0 Å². The van der Waals surface area contributed by atoms with Crippen LogP contribution in [-0.2, 0) is 33.0 Å². The molecular weight excluding hydrogens is 414 g/mol. The van der Waals surface area contributed by atoms with Crippen LogP contribution < -0.4 is 10.3 Å². The lowest BCUT2D eigenvalue weighted by molar-refractivity contribution is -0.172. The van der Waals surface area contributed by atoms with Crippen molar-refractivity contribution < 1.29 is 24.1 Å². The number of benzene rings is 1. The molecule has 0 bridgehead atoms. The molecule has 0 saturated heterocycles. The van der Waals surface area contributed by atoms with Crippen molar-refractivity contribution in [3.8, 4) is 23.2 Å². The van der Waals surface area contributed by atoms with Crippen molar-refractivity contribution in [2.75, 3.05) is 13.9 Å². The Hall–Kier alpha value is -3.74. The van der Waals surface area contributed by atoms with E-state index in [1.54, 1.807) is 31.2 Å². The molecular formula is C23H19N3O6. The van der Waals surface area contributed by atoms with Crippen molar-refractivity contribution in [3.05, 3.63) is 56.9 Å². The Morgan fingerprint density at radius 3 is 2.84 bits per heavy atom. The molecule has 2 aliphatic heterocycles. The van der Waals surface area contributed by atoms with E-state index < -0.39 is 11.6 Å². The van der Waals surface area contributed by atoms with Crippen LogP contribution in [0.4, 0.5) is 0 Å². The van der Waals surface area contributed by atoms with Gasteiger partial charge in [0.15, 0.2) is 12.4 Å². The number of nitriles is 1. The number of methoxy groups -OCH3 is 1. The first-order valence-electron chi connectivity index (χ1n) is 10.1. The summed E-state index contributed by atoms with van der Waals surface area (Å²) in [5.74, 6) is -0.243. The van der Waals surface area contributed by atoms with Gasteiger partial charge in [-0.25, -0.2) is 9.78 Å². The van der Waals surface area contributed by atoms with Crippen molar-refractivity contribution in [1.82, 2.24) is 9.55 Å². The summed E-state index contributed by atoms with van der Waals surface area (Å²) in [6.45, 7) is 1.67. The smallest absolute Gasteiger partial charge is 0.343 e. The van der Waals surface area contributed by atoms with E-state index in [4.69, 9.17) is 19.2 Å². The van der Waals surface area contributed by atoms with E-state index in [9.17, 15) is 20.0 Å². The van der Waals surface area contributed by atoms with Gasteiger partial charge >= 0.3 is 5.97 Å². The number of cyclic esters (lactones) is 1. The van der Waals surface area contributed by atoms with Gasteiger partial charge < -0.3 is 23.9 Å². The summed E-state index contributed by atoms with van der Waals surface area (Å²) in [5, 5.41) is 21.5. The number of pyridine rings is 2. The zero-order valence-corrected chi connectivity index (χ0v) is 17.5. The second kappa shape index (κ2) is 7.15. The number of ether oxygens (including phenoxy) is 3. The predicted octanol–water partition coefficient (Wildman–Crippen LogP) is 1.93. The number of rotatable bonds is 4. The lowest BCUT2D eigenvalue weighted by Gasteiger charge is -2.31. The highest BCUT2D eigenvalue weighted by Gasteiger charge is 2.45. The van der Waals surface area contributed by atoms with Crippen LogP contribution in [0.15, 0.2) is 29.1 Å². The first-order valence-corrected chi connectivity index (χ1v) is 10.1. The maximum Gasteiger partial charge on any atom is 0.343 e. The van der Waals surface area contributed by atoms with Crippen molar-refractivity contribution >= 4 is 16.9 Å². The average molecular weight is 433 g/mol. The largest absolute Gasteiger partial charge is 0.468 e. The van der Waals surface area contributed by atoms with E-state index in [0.29, 0.717) is 39.2 Å². The Morgan fingerprint density at radius 2 is 2.12 bits per heavy atom. The Balaban J connectivity index is 1.75. The van der Waals surface area contributed by atoms with Crippen molar-refractivity contribution in [1.29, 1.82) is 5.26 Å². The third kappa shape index (κ3) is 2.67. The number of nitrogens with zero attached hydrogens (tertiary/aromatic N) is 3. The van der Waals surface area contributed by atoms with Crippen LogP contribution in [0.5, 0.6) is 5.75 Å². The van der Waals surface area contributed by atoms with Gasteiger partial charge in [0.25, 0.3) is 5.56 Å². The molecule has 2 aromatic heterocycles. The Bertz CT molecular complexity index is 1400. The van der Waals surface area contributed by atoms with Gasteiger partial charge in [-0.2, -0.15) is 5.26 Å². The fourth-order valence-corrected chi connectivity index (χ4v) is 4.40. The summed E-state index contributed by atoms with van der Waals surface area (Å²) in [5.41, 5.74) is 0.727. The molecule has 4 heterocycles. The number of hydrogen-bond donors (Lipinski definition) is 1. The number of aromatic nitrogens is 2. The standard InChI is InChI=1S/C23H19N3O6/c1-3-23(29)17-7-19-20-15(9-26(19)21(27)16(17)10-31-22(23)28)14(8-24)13-6-12(32-11-30-2)4-5-18(13)25-20/h4-7,29H,3,9-11H2,1-2H3/t23-/m0/s1. The minimum atomic E-state index is -1.90. The summed E-state index contributed by atoms with van der Waals surface area (Å²) in [6, 6.07) is 9.05. The number of hydrogen-bond acceptors (Lipinski definition) is 8. The van der Waals surface area contributed by atoms with Gasteiger partial charge in [0.05, 0.1) is 34.6 Å². The summed E-state index contributed by atoms with van der Waals surface area (Å²) < 4.78 is 17.0. The maximum absolute atomic E-state index is 13.3. The third-order valence-electron chi connectivity index (χ3n) is 6.11. The van der Waals surface area contributed by atoms with Crippen LogP contribution in [0.25, 0.3) is 22.3 Å². The molecule has 2 aliphatic rings. The lowest BCUT2D eigenvalue weighted by Crippen LogP contribution is -2.44. The number of carbonyl (C=O) groups is 1. The molecule has 162 valence electrons. The number of esters is 1.